The summed E-state index contributed by atoms with van der Waals surface area (Å²) in [6.45, 7) is 3.44. The van der Waals surface area contributed by atoms with Crippen LogP contribution in [0.4, 0.5) is 0 Å². The smallest absolute Gasteiger partial charge is 0.111 e. The zero-order valence-electron chi connectivity index (χ0n) is 11.2. The lowest BCUT2D eigenvalue weighted by Crippen LogP contribution is -2.49. The van der Waals surface area contributed by atoms with Gasteiger partial charge < -0.3 is 9.88 Å². The lowest BCUT2D eigenvalue weighted by molar-refractivity contribution is 0.189. The molecule has 0 bridgehead atoms. The van der Waals surface area contributed by atoms with Gasteiger partial charge in [0.25, 0.3) is 0 Å². The molecule has 1 saturated heterocycles. The first-order valence-electron chi connectivity index (χ1n) is 6.78. The Balaban J connectivity index is 1.70. The minimum absolute atomic E-state index is 0.0305. The Bertz CT molecular complexity index is 582. The summed E-state index contributed by atoms with van der Waals surface area (Å²) < 4.78 is 1.98. The molecule has 1 aliphatic rings. The molecule has 0 saturated carbocycles. The Hall–Kier alpha value is -2.16. The van der Waals surface area contributed by atoms with E-state index < -0.39 is 0 Å². The monoisotopic (exact) mass is 267 g/mol. The molecular weight excluding hydrogens is 250 g/mol. The van der Waals surface area contributed by atoms with Crippen molar-refractivity contribution in [2.75, 3.05) is 19.6 Å². The fourth-order valence-electron chi connectivity index (χ4n) is 2.48. The zero-order valence-corrected chi connectivity index (χ0v) is 11.2. The van der Waals surface area contributed by atoms with E-state index in [0.717, 1.165) is 31.9 Å². The molecular formula is C15H17N5. The minimum atomic E-state index is -0.0305. The van der Waals surface area contributed by atoms with Gasteiger partial charge in [0, 0.05) is 44.3 Å². The number of benzene rings is 1. The van der Waals surface area contributed by atoms with Gasteiger partial charge in [-0.05, 0) is 17.7 Å². The summed E-state index contributed by atoms with van der Waals surface area (Å²) in [7, 11) is 0. The molecule has 0 radical (unpaired) electrons. The fraction of sp³-hybridized carbons (Fsp3) is 0.333. The highest BCUT2D eigenvalue weighted by Gasteiger charge is 2.21. The van der Waals surface area contributed by atoms with Gasteiger partial charge in [0.05, 0.1) is 12.4 Å². The van der Waals surface area contributed by atoms with Gasteiger partial charge in [-0.25, -0.2) is 4.98 Å². The number of nitrogens with zero attached hydrogens (tertiary/aromatic N) is 4. The number of imidazole rings is 1. The molecule has 20 heavy (non-hydrogen) atoms. The Morgan fingerprint density at radius 2 is 2.20 bits per heavy atom. The number of piperazine rings is 1. The Labute approximate surface area is 118 Å². The van der Waals surface area contributed by atoms with E-state index in [1.165, 1.54) is 5.56 Å². The summed E-state index contributed by atoms with van der Waals surface area (Å²) in [5, 5.41) is 12.4. The van der Waals surface area contributed by atoms with Crippen LogP contribution in [0.3, 0.4) is 0 Å². The number of nitrogens with one attached hydrogen (secondary N) is 1. The van der Waals surface area contributed by atoms with Gasteiger partial charge in [0.2, 0.25) is 0 Å². The second-order valence-corrected chi connectivity index (χ2v) is 4.96. The molecule has 5 heteroatoms. The maximum absolute atomic E-state index is 9.17. The summed E-state index contributed by atoms with van der Waals surface area (Å²) in [6, 6.07) is 10.7. The van der Waals surface area contributed by atoms with Gasteiger partial charge in [-0.1, -0.05) is 12.1 Å². The molecule has 5 nitrogen and oxygen atoms in total. The SMILES string of the molecule is N#CC1CNCCN1Cc1ccc(-n2ccnc2)cc1. The van der Waals surface area contributed by atoms with Gasteiger partial charge in [-0.2, -0.15) is 5.26 Å². The van der Waals surface area contributed by atoms with Crippen LogP contribution >= 0.6 is 0 Å². The topological polar surface area (TPSA) is 56.9 Å². The second kappa shape index (κ2) is 5.87. The Kier molecular flexibility index (Phi) is 3.77. The van der Waals surface area contributed by atoms with Crippen LogP contribution in [0, 0.1) is 11.3 Å². The molecule has 1 fully saturated rings. The molecule has 102 valence electrons. The lowest BCUT2D eigenvalue weighted by Gasteiger charge is -2.31. The predicted molar refractivity (Wildman–Crippen MR) is 76.2 cm³/mol. The van der Waals surface area contributed by atoms with Crippen LogP contribution in [0.1, 0.15) is 5.56 Å². The molecule has 0 amide bonds. The molecule has 0 aliphatic carbocycles. The minimum Gasteiger partial charge on any atom is -0.313 e. The van der Waals surface area contributed by atoms with E-state index in [1.54, 1.807) is 12.5 Å². The maximum atomic E-state index is 9.17. The number of hydrogen-bond acceptors (Lipinski definition) is 4. The molecule has 0 spiro atoms. The number of nitriles is 1. The molecule has 1 aromatic carbocycles. The average molecular weight is 267 g/mol. The van der Waals surface area contributed by atoms with Crippen molar-refractivity contribution in [3.63, 3.8) is 0 Å². The van der Waals surface area contributed by atoms with Crippen LogP contribution in [0.15, 0.2) is 43.0 Å². The van der Waals surface area contributed by atoms with Crippen molar-refractivity contribution < 1.29 is 0 Å². The summed E-state index contributed by atoms with van der Waals surface area (Å²) in [6.07, 6.45) is 5.49. The van der Waals surface area contributed by atoms with E-state index in [-0.39, 0.29) is 6.04 Å². The van der Waals surface area contributed by atoms with Crippen LogP contribution < -0.4 is 5.32 Å². The van der Waals surface area contributed by atoms with E-state index in [9.17, 15) is 0 Å². The summed E-state index contributed by atoms with van der Waals surface area (Å²) in [4.78, 5) is 6.27. The average Bonchev–Trinajstić information content (AvgIpc) is 3.03. The van der Waals surface area contributed by atoms with E-state index in [2.05, 4.69) is 45.5 Å². The van der Waals surface area contributed by atoms with Gasteiger partial charge in [0.15, 0.2) is 0 Å². The van der Waals surface area contributed by atoms with Crippen molar-refractivity contribution in [1.29, 1.82) is 5.26 Å². The van der Waals surface area contributed by atoms with Crippen molar-refractivity contribution in [2.45, 2.75) is 12.6 Å². The summed E-state index contributed by atoms with van der Waals surface area (Å²) >= 11 is 0. The van der Waals surface area contributed by atoms with Crippen LogP contribution in [-0.2, 0) is 6.54 Å². The first kappa shape index (κ1) is 12.9. The number of rotatable bonds is 3. The quantitative estimate of drug-likeness (QED) is 0.907. The van der Waals surface area contributed by atoms with Crippen LogP contribution in [-0.4, -0.2) is 40.1 Å². The molecule has 1 aliphatic heterocycles. The highest BCUT2D eigenvalue weighted by molar-refractivity contribution is 5.34. The third-order valence-corrected chi connectivity index (χ3v) is 3.63. The van der Waals surface area contributed by atoms with Crippen molar-refractivity contribution in [3.05, 3.63) is 48.5 Å². The van der Waals surface area contributed by atoms with E-state index in [1.807, 2.05) is 10.8 Å². The van der Waals surface area contributed by atoms with Crippen molar-refractivity contribution >= 4 is 0 Å². The van der Waals surface area contributed by atoms with Gasteiger partial charge >= 0.3 is 0 Å². The van der Waals surface area contributed by atoms with Crippen molar-refractivity contribution in [3.8, 4) is 11.8 Å². The predicted octanol–water partition coefficient (Wildman–Crippen LogP) is 1.17. The molecule has 1 unspecified atom stereocenters. The molecule has 3 rings (SSSR count). The van der Waals surface area contributed by atoms with Crippen molar-refractivity contribution in [1.82, 2.24) is 19.8 Å². The highest BCUT2D eigenvalue weighted by atomic mass is 15.2. The van der Waals surface area contributed by atoms with E-state index >= 15 is 0 Å². The molecule has 1 N–H and O–H groups in total. The third-order valence-electron chi connectivity index (χ3n) is 3.63. The standard InChI is InChI=1S/C15H17N5/c16-9-15-10-17-5-7-19(15)11-13-1-3-14(4-2-13)20-8-6-18-12-20/h1-4,6,8,12,15,17H,5,7,10-11H2. The fourth-order valence-corrected chi connectivity index (χ4v) is 2.48. The zero-order chi connectivity index (χ0) is 13.8. The van der Waals surface area contributed by atoms with Crippen LogP contribution in [0.25, 0.3) is 5.69 Å². The highest BCUT2D eigenvalue weighted by Crippen LogP contribution is 2.13. The van der Waals surface area contributed by atoms with E-state index in [4.69, 9.17) is 5.26 Å². The Morgan fingerprint density at radius 1 is 1.35 bits per heavy atom. The first-order valence-corrected chi connectivity index (χ1v) is 6.78. The molecule has 2 aromatic rings. The Morgan fingerprint density at radius 3 is 2.90 bits per heavy atom. The summed E-state index contributed by atoms with van der Waals surface area (Å²) in [5.41, 5.74) is 2.33. The van der Waals surface area contributed by atoms with Crippen LogP contribution in [0.5, 0.6) is 0 Å². The maximum Gasteiger partial charge on any atom is 0.111 e. The normalized spacial score (nSPS) is 19.6. The molecule has 1 aromatic heterocycles. The van der Waals surface area contributed by atoms with Gasteiger partial charge in [-0.15, -0.1) is 0 Å². The molecule has 2 heterocycles. The molecule has 1 atom stereocenters. The number of aromatic nitrogens is 2. The van der Waals surface area contributed by atoms with Crippen LogP contribution in [0.2, 0.25) is 0 Å². The second-order valence-electron chi connectivity index (χ2n) is 4.96. The first-order chi connectivity index (χ1) is 9.86. The lowest BCUT2D eigenvalue weighted by atomic mass is 10.1. The number of hydrogen-bond donors (Lipinski definition) is 1. The summed E-state index contributed by atoms with van der Waals surface area (Å²) in [5.74, 6) is 0. The van der Waals surface area contributed by atoms with Gasteiger partial charge in [-0.3, -0.25) is 4.90 Å². The van der Waals surface area contributed by atoms with Crippen molar-refractivity contribution in [2.24, 2.45) is 0 Å². The largest absolute Gasteiger partial charge is 0.313 e. The van der Waals surface area contributed by atoms with Gasteiger partial charge in [0.1, 0.15) is 6.04 Å². The van der Waals surface area contributed by atoms with E-state index in [0.29, 0.717) is 0 Å². The third kappa shape index (κ3) is 2.72.